The van der Waals surface area contributed by atoms with E-state index < -0.39 is 15.8 Å². The lowest BCUT2D eigenvalue weighted by Gasteiger charge is -2.13. The number of aryl methyl sites for hydroxylation is 1. The minimum Gasteiger partial charge on any atom is -0.298 e. The van der Waals surface area contributed by atoms with Crippen molar-refractivity contribution in [1.82, 2.24) is 8.96 Å². The summed E-state index contributed by atoms with van der Waals surface area (Å²) in [7, 11) is -4.04. The predicted molar refractivity (Wildman–Crippen MR) is 98.7 cm³/mol. The largest absolute Gasteiger partial charge is 0.298 e. The summed E-state index contributed by atoms with van der Waals surface area (Å²) in [5.41, 5.74) is 1.94. The molecular formula is C20H17FN2O3S. The minimum atomic E-state index is -4.04. The van der Waals surface area contributed by atoms with E-state index in [4.69, 9.17) is 0 Å². The summed E-state index contributed by atoms with van der Waals surface area (Å²) in [5.74, 6) is -0.471. The van der Waals surface area contributed by atoms with Crippen LogP contribution < -0.4 is 0 Å². The van der Waals surface area contributed by atoms with E-state index in [9.17, 15) is 17.6 Å². The first-order chi connectivity index (χ1) is 12.9. The molecule has 0 bridgehead atoms. The smallest absolute Gasteiger partial charge is 0.269 e. The van der Waals surface area contributed by atoms with E-state index in [1.54, 1.807) is 25.1 Å². The van der Waals surface area contributed by atoms with Gasteiger partial charge in [-0.15, -0.1) is 0 Å². The Morgan fingerprint density at radius 2 is 1.93 bits per heavy atom. The number of hydrogen-bond acceptors (Lipinski definition) is 4. The molecular weight excluding hydrogens is 367 g/mol. The first-order valence-electron chi connectivity index (χ1n) is 8.57. The average molecular weight is 384 g/mol. The summed E-state index contributed by atoms with van der Waals surface area (Å²) in [6.45, 7) is 1.76. The SMILES string of the molecule is Cc1ccc(S(=O)(=O)n2cc(C=O)c(C3CC3)c2-c2ccccc2F)cn1. The molecule has 1 aliphatic rings. The van der Waals surface area contributed by atoms with Crippen molar-refractivity contribution in [2.45, 2.75) is 30.6 Å². The van der Waals surface area contributed by atoms with Gasteiger partial charge in [0.05, 0.1) is 5.69 Å². The number of benzene rings is 1. The summed E-state index contributed by atoms with van der Waals surface area (Å²) < 4.78 is 42.1. The highest BCUT2D eigenvalue weighted by Gasteiger charge is 2.35. The molecule has 5 nitrogen and oxygen atoms in total. The molecule has 0 atom stereocenters. The number of hydrogen-bond donors (Lipinski definition) is 0. The molecule has 0 radical (unpaired) electrons. The minimum absolute atomic E-state index is 0.0134. The lowest BCUT2D eigenvalue weighted by molar-refractivity contribution is 0.112. The summed E-state index contributed by atoms with van der Waals surface area (Å²) in [6.07, 6.45) is 4.89. The summed E-state index contributed by atoms with van der Waals surface area (Å²) in [4.78, 5) is 15.7. The molecule has 27 heavy (non-hydrogen) atoms. The molecule has 0 amide bonds. The maximum absolute atomic E-state index is 14.6. The number of rotatable bonds is 5. The molecule has 1 fully saturated rings. The number of halogens is 1. The number of aldehydes is 1. The van der Waals surface area contributed by atoms with Gasteiger partial charge in [-0.2, -0.15) is 0 Å². The third kappa shape index (κ3) is 2.98. The number of aromatic nitrogens is 2. The van der Waals surface area contributed by atoms with Gasteiger partial charge in [0.15, 0.2) is 6.29 Å². The standard InChI is InChI=1S/C20H17FN2O3S/c1-13-6-9-16(10-22-13)27(25,26)23-11-15(12-24)19(14-7-8-14)20(23)17-4-2-3-5-18(17)21/h2-6,9-12,14H,7-8H2,1H3. The molecule has 0 aliphatic heterocycles. The van der Waals surface area contributed by atoms with Crippen molar-refractivity contribution in [2.24, 2.45) is 0 Å². The highest BCUT2D eigenvalue weighted by atomic mass is 32.2. The molecule has 0 N–H and O–H groups in total. The Morgan fingerprint density at radius 1 is 1.19 bits per heavy atom. The van der Waals surface area contributed by atoms with E-state index in [0.29, 0.717) is 17.5 Å². The summed E-state index contributed by atoms with van der Waals surface area (Å²) in [6, 6.07) is 9.06. The van der Waals surface area contributed by atoms with E-state index in [1.165, 1.54) is 30.6 Å². The van der Waals surface area contributed by atoms with Gasteiger partial charge >= 0.3 is 0 Å². The van der Waals surface area contributed by atoms with Crippen LogP contribution in [0.1, 0.15) is 40.4 Å². The first kappa shape index (κ1) is 17.6. The van der Waals surface area contributed by atoms with Crippen molar-refractivity contribution in [3.8, 4) is 11.3 Å². The van der Waals surface area contributed by atoms with E-state index in [-0.39, 0.29) is 27.6 Å². The van der Waals surface area contributed by atoms with Gasteiger partial charge in [-0.25, -0.2) is 16.8 Å². The molecule has 0 spiro atoms. The molecule has 7 heteroatoms. The molecule has 138 valence electrons. The number of nitrogens with zero attached hydrogens (tertiary/aromatic N) is 2. The second-order valence-electron chi connectivity index (χ2n) is 6.65. The van der Waals surface area contributed by atoms with E-state index in [1.807, 2.05) is 0 Å². The lowest BCUT2D eigenvalue weighted by Crippen LogP contribution is -2.14. The van der Waals surface area contributed by atoms with Crippen LogP contribution in [0.15, 0.2) is 53.7 Å². The predicted octanol–water partition coefficient (Wildman–Crippen LogP) is 3.92. The van der Waals surface area contributed by atoms with Gasteiger partial charge in [-0.1, -0.05) is 12.1 Å². The number of carbonyl (C=O) groups excluding carboxylic acids is 1. The normalized spacial score (nSPS) is 14.3. The highest BCUT2D eigenvalue weighted by Crippen LogP contribution is 2.47. The van der Waals surface area contributed by atoms with Crippen molar-refractivity contribution in [2.75, 3.05) is 0 Å². The molecule has 0 unspecified atom stereocenters. The van der Waals surface area contributed by atoms with Crippen LogP contribution >= 0.6 is 0 Å². The fourth-order valence-corrected chi connectivity index (χ4v) is 4.58. The molecule has 4 rings (SSSR count). The van der Waals surface area contributed by atoms with Gasteiger partial charge in [0.1, 0.15) is 10.7 Å². The maximum atomic E-state index is 14.6. The fraction of sp³-hybridized carbons (Fsp3) is 0.200. The van der Waals surface area contributed by atoms with Crippen molar-refractivity contribution >= 4 is 16.3 Å². The van der Waals surface area contributed by atoms with Crippen LogP contribution in [0.2, 0.25) is 0 Å². The Kier molecular flexibility index (Phi) is 4.19. The molecule has 1 saturated carbocycles. The zero-order valence-electron chi connectivity index (χ0n) is 14.6. The summed E-state index contributed by atoms with van der Waals surface area (Å²) in [5, 5.41) is 0. The van der Waals surface area contributed by atoms with E-state index in [2.05, 4.69) is 4.98 Å². The van der Waals surface area contributed by atoms with Crippen LogP contribution in [0.4, 0.5) is 4.39 Å². The Labute approximate surface area is 156 Å². The zero-order valence-corrected chi connectivity index (χ0v) is 15.4. The van der Waals surface area contributed by atoms with Crippen LogP contribution in [0, 0.1) is 12.7 Å². The summed E-state index contributed by atoms with van der Waals surface area (Å²) >= 11 is 0. The lowest BCUT2D eigenvalue weighted by atomic mass is 10.0. The number of pyridine rings is 1. The number of carbonyl (C=O) groups is 1. The molecule has 0 saturated heterocycles. The second-order valence-corrected chi connectivity index (χ2v) is 8.47. The quantitative estimate of drug-likeness (QED) is 0.625. The van der Waals surface area contributed by atoms with Gasteiger partial charge in [0, 0.05) is 29.2 Å². The van der Waals surface area contributed by atoms with Crippen molar-refractivity contribution in [1.29, 1.82) is 0 Å². The molecule has 1 aliphatic carbocycles. The van der Waals surface area contributed by atoms with Gasteiger partial charge in [0.2, 0.25) is 0 Å². The topological polar surface area (TPSA) is 69.0 Å². The van der Waals surface area contributed by atoms with Crippen LogP contribution in [0.5, 0.6) is 0 Å². The Hall–Kier alpha value is -2.80. The maximum Gasteiger partial charge on any atom is 0.269 e. The van der Waals surface area contributed by atoms with Crippen molar-refractivity contribution < 1.29 is 17.6 Å². The fourth-order valence-electron chi connectivity index (χ4n) is 3.24. The molecule has 1 aromatic carbocycles. The van der Waals surface area contributed by atoms with Crippen molar-refractivity contribution in [3.05, 3.63) is 71.4 Å². The van der Waals surface area contributed by atoms with Crippen LogP contribution in [0.25, 0.3) is 11.3 Å². The molecule has 2 aromatic heterocycles. The Morgan fingerprint density at radius 3 is 2.52 bits per heavy atom. The second kappa shape index (κ2) is 6.42. The van der Waals surface area contributed by atoms with E-state index >= 15 is 0 Å². The third-order valence-corrected chi connectivity index (χ3v) is 6.37. The van der Waals surface area contributed by atoms with Crippen LogP contribution in [0.3, 0.4) is 0 Å². The highest BCUT2D eigenvalue weighted by molar-refractivity contribution is 7.90. The zero-order chi connectivity index (χ0) is 19.2. The first-order valence-corrected chi connectivity index (χ1v) is 10.0. The van der Waals surface area contributed by atoms with E-state index in [0.717, 1.165) is 16.8 Å². The van der Waals surface area contributed by atoms with Gasteiger partial charge < -0.3 is 0 Å². The Balaban J connectivity index is 2.02. The van der Waals surface area contributed by atoms with Gasteiger partial charge in [-0.05, 0) is 55.5 Å². The van der Waals surface area contributed by atoms with Crippen LogP contribution in [-0.4, -0.2) is 23.7 Å². The third-order valence-electron chi connectivity index (χ3n) is 4.73. The Bertz CT molecular complexity index is 1130. The van der Waals surface area contributed by atoms with Crippen LogP contribution in [-0.2, 0) is 10.0 Å². The molecule has 3 aromatic rings. The average Bonchev–Trinajstić information content (AvgIpc) is 3.42. The van der Waals surface area contributed by atoms with Gasteiger partial charge in [0.25, 0.3) is 10.0 Å². The van der Waals surface area contributed by atoms with Crippen molar-refractivity contribution in [3.63, 3.8) is 0 Å². The van der Waals surface area contributed by atoms with Gasteiger partial charge in [-0.3, -0.25) is 9.78 Å². The molecule has 2 heterocycles. The monoisotopic (exact) mass is 384 g/mol.